The van der Waals surface area contributed by atoms with Crippen molar-refractivity contribution < 1.29 is 19.0 Å². The maximum absolute atomic E-state index is 12.7. The van der Waals surface area contributed by atoms with E-state index >= 15 is 0 Å². The summed E-state index contributed by atoms with van der Waals surface area (Å²) in [5, 5.41) is 3.39. The van der Waals surface area contributed by atoms with E-state index in [1.165, 1.54) is 0 Å². The fourth-order valence-electron chi connectivity index (χ4n) is 4.07. The third-order valence-corrected chi connectivity index (χ3v) is 5.58. The molecule has 150 valence electrons. The van der Waals surface area contributed by atoms with Gasteiger partial charge in [-0.25, -0.2) is 0 Å². The highest BCUT2D eigenvalue weighted by Crippen LogP contribution is 2.40. The Labute approximate surface area is 161 Å². The van der Waals surface area contributed by atoms with Crippen LogP contribution in [0, 0.1) is 0 Å². The van der Waals surface area contributed by atoms with Crippen LogP contribution in [0.4, 0.5) is 0 Å². The summed E-state index contributed by atoms with van der Waals surface area (Å²) in [7, 11) is 4.81. The van der Waals surface area contributed by atoms with Crippen molar-refractivity contribution in [2.24, 2.45) is 0 Å². The number of nitrogens with zero attached hydrogens (tertiary/aromatic N) is 2. The lowest BCUT2D eigenvalue weighted by atomic mass is 10.1. The fraction of sp³-hybridized carbons (Fsp3) is 0.650. The van der Waals surface area contributed by atoms with Gasteiger partial charge in [0.25, 0.3) is 0 Å². The fourth-order valence-corrected chi connectivity index (χ4v) is 4.07. The van der Waals surface area contributed by atoms with Crippen LogP contribution in [0.2, 0.25) is 0 Å². The molecule has 2 saturated heterocycles. The Morgan fingerprint density at radius 2 is 1.81 bits per heavy atom. The normalized spacial score (nSPS) is 20.6. The summed E-state index contributed by atoms with van der Waals surface area (Å²) in [6.45, 7) is 5.95. The van der Waals surface area contributed by atoms with Crippen LogP contribution in [-0.4, -0.2) is 82.3 Å². The maximum Gasteiger partial charge on any atom is 0.222 e. The van der Waals surface area contributed by atoms with E-state index in [0.29, 0.717) is 36.1 Å². The van der Waals surface area contributed by atoms with E-state index in [-0.39, 0.29) is 5.91 Å². The third-order valence-electron chi connectivity index (χ3n) is 5.58. The molecule has 3 rings (SSSR count). The van der Waals surface area contributed by atoms with Gasteiger partial charge in [0.2, 0.25) is 11.7 Å². The van der Waals surface area contributed by atoms with E-state index in [1.807, 2.05) is 17.0 Å². The molecule has 2 aliphatic heterocycles. The summed E-state index contributed by atoms with van der Waals surface area (Å²) in [6, 6.07) is 4.31. The molecule has 0 saturated carbocycles. The van der Waals surface area contributed by atoms with Gasteiger partial charge in [0, 0.05) is 51.7 Å². The number of ether oxygens (including phenoxy) is 3. The molecule has 1 atom stereocenters. The van der Waals surface area contributed by atoms with Crippen LogP contribution in [0.1, 0.15) is 18.4 Å². The molecule has 1 unspecified atom stereocenters. The zero-order valence-corrected chi connectivity index (χ0v) is 16.6. The minimum atomic E-state index is 0.212. The largest absolute Gasteiger partial charge is 0.493 e. The molecule has 2 aliphatic rings. The van der Waals surface area contributed by atoms with Crippen molar-refractivity contribution >= 4 is 5.91 Å². The molecule has 2 fully saturated rings. The number of hydrogen-bond donors (Lipinski definition) is 1. The number of amides is 1. The van der Waals surface area contributed by atoms with E-state index < -0.39 is 0 Å². The van der Waals surface area contributed by atoms with Gasteiger partial charge in [-0.15, -0.1) is 0 Å². The second kappa shape index (κ2) is 9.28. The lowest BCUT2D eigenvalue weighted by Gasteiger charge is -2.32. The zero-order valence-electron chi connectivity index (χ0n) is 16.6. The van der Waals surface area contributed by atoms with Crippen LogP contribution in [0.5, 0.6) is 17.2 Å². The Morgan fingerprint density at radius 1 is 1.07 bits per heavy atom. The Balaban J connectivity index is 1.58. The van der Waals surface area contributed by atoms with Crippen molar-refractivity contribution in [2.75, 3.05) is 60.6 Å². The molecular weight excluding hydrogens is 346 g/mol. The van der Waals surface area contributed by atoms with E-state index in [2.05, 4.69) is 10.2 Å². The number of benzene rings is 1. The number of hydrogen-bond acceptors (Lipinski definition) is 6. The summed E-state index contributed by atoms with van der Waals surface area (Å²) in [6.07, 6.45) is 2.17. The maximum atomic E-state index is 12.7. The van der Waals surface area contributed by atoms with E-state index in [9.17, 15) is 4.79 Å². The molecule has 1 aromatic carbocycles. The van der Waals surface area contributed by atoms with Crippen molar-refractivity contribution in [1.29, 1.82) is 0 Å². The standard InChI is InChI=1S/C20H31N3O4/c1-25-17-6-4-15(19(26-2)20(17)27-3)5-7-18(24)23-11-8-16(14-23)22-12-9-21-10-13-22/h4,6,16,21H,5,7-14H2,1-3H3. The number of carbonyl (C=O) groups excluding carboxylic acids is 1. The molecule has 7 heteroatoms. The van der Waals surface area contributed by atoms with Crippen LogP contribution in [-0.2, 0) is 11.2 Å². The Kier molecular flexibility index (Phi) is 6.79. The third kappa shape index (κ3) is 4.47. The van der Waals surface area contributed by atoms with Gasteiger partial charge >= 0.3 is 0 Å². The Hall–Kier alpha value is -1.99. The molecule has 0 radical (unpaired) electrons. The molecule has 0 aliphatic carbocycles. The van der Waals surface area contributed by atoms with Crippen molar-refractivity contribution in [3.05, 3.63) is 17.7 Å². The Morgan fingerprint density at radius 3 is 2.48 bits per heavy atom. The number of rotatable bonds is 7. The average molecular weight is 377 g/mol. The molecular formula is C20H31N3O4. The number of carbonyl (C=O) groups is 1. The van der Waals surface area contributed by atoms with Crippen LogP contribution in [0.3, 0.4) is 0 Å². The first-order valence-electron chi connectivity index (χ1n) is 9.68. The predicted molar refractivity (Wildman–Crippen MR) is 104 cm³/mol. The summed E-state index contributed by atoms with van der Waals surface area (Å²) < 4.78 is 16.3. The first-order chi connectivity index (χ1) is 13.2. The topological polar surface area (TPSA) is 63.3 Å². The van der Waals surface area contributed by atoms with Gasteiger partial charge in [0.15, 0.2) is 11.5 Å². The van der Waals surface area contributed by atoms with E-state index in [1.54, 1.807) is 21.3 Å². The molecule has 0 aromatic heterocycles. The highest BCUT2D eigenvalue weighted by atomic mass is 16.5. The van der Waals surface area contributed by atoms with Gasteiger partial charge in [0.05, 0.1) is 21.3 Å². The quantitative estimate of drug-likeness (QED) is 0.769. The molecule has 7 nitrogen and oxygen atoms in total. The highest BCUT2D eigenvalue weighted by molar-refractivity contribution is 5.77. The average Bonchev–Trinajstić information content (AvgIpc) is 3.22. The zero-order chi connectivity index (χ0) is 19.2. The molecule has 0 bridgehead atoms. The molecule has 1 N–H and O–H groups in total. The first-order valence-corrected chi connectivity index (χ1v) is 9.68. The van der Waals surface area contributed by atoms with Gasteiger partial charge in [-0.2, -0.15) is 0 Å². The molecule has 2 heterocycles. The van der Waals surface area contributed by atoms with Gasteiger partial charge in [-0.05, 0) is 24.5 Å². The van der Waals surface area contributed by atoms with Gasteiger partial charge in [-0.1, -0.05) is 6.07 Å². The number of aryl methyl sites for hydroxylation is 1. The second-order valence-corrected chi connectivity index (χ2v) is 7.06. The predicted octanol–water partition coefficient (Wildman–Crippen LogP) is 1.15. The van der Waals surface area contributed by atoms with Crippen LogP contribution >= 0.6 is 0 Å². The highest BCUT2D eigenvalue weighted by Gasteiger charge is 2.30. The van der Waals surface area contributed by atoms with Gasteiger partial charge in [0.1, 0.15) is 0 Å². The first kappa shape index (κ1) is 19.8. The lowest BCUT2D eigenvalue weighted by molar-refractivity contribution is -0.130. The summed E-state index contributed by atoms with van der Waals surface area (Å²) in [5.41, 5.74) is 0.960. The lowest BCUT2D eigenvalue weighted by Crippen LogP contribution is -2.49. The van der Waals surface area contributed by atoms with Gasteiger partial charge < -0.3 is 24.4 Å². The number of nitrogens with one attached hydrogen (secondary N) is 1. The molecule has 0 spiro atoms. The number of piperazine rings is 1. The Bertz CT molecular complexity index is 646. The smallest absolute Gasteiger partial charge is 0.222 e. The molecule has 1 amide bonds. The van der Waals surface area contributed by atoms with Crippen molar-refractivity contribution in [3.8, 4) is 17.2 Å². The van der Waals surface area contributed by atoms with Crippen molar-refractivity contribution in [1.82, 2.24) is 15.1 Å². The number of likely N-dealkylation sites (tertiary alicyclic amines) is 1. The second-order valence-electron chi connectivity index (χ2n) is 7.06. The molecule has 27 heavy (non-hydrogen) atoms. The summed E-state index contributed by atoms with van der Waals surface area (Å²) in [5.74, 6) is 2.06. The monoisotopic (exact) mass is 377 g/mol. The van der Waals surface area contributed by atoms with Crippen LogP contribution < -0.4 is 19.5 Å². The molecule has 1 aromatic rings. The minimum absolute atomic E-state index is 0.212. The van der Waals surface area contributed by atoms with Crippen LogP contribution in [0.15, 0.2) is 12.1 Å². The number of methoxy groups -OCH3 is 3. The summed E-state index contributed by atoms with van der Waals surface area (Å²) in [4.78, 5) is 17.3. The van der Waals surface area contributed by atoms with E-state index in [4.69, 9.17) is 14.2 Å². The van der Waals surface area contributed by atoms with E-state index in [0.717, 1.165) is 51.3 Å². The van der Waals surface area contributed by atoms with Gasteiger partial charge in [-0.3, -0.25) is 9.69 Å². The minimum Gasteiger partial charge on any atom is -0.493 e. The van der Waals surface area contributed by atoms with Crippen molar-refractivity contribution in [3.63, 3.8) is 0 Å². The summed E-state index contributed by atoms with van der Waals surface area (Å²) >= 11 is 0. The van der Waals surface area contributed by atoms with Crippen molar-refractivity contribution in [2.45, 2.75) is 25.3 Å². The van der Waals surface area contributed by atoms with Crippen LogP contribution in [0.25, 0.3) is 0 Å². The SMILES string of the molecule is COc1ccc(CCC(=O)N2CCC(N3CCNCC3)C2)c(OC)c1OC.